The van der Waals surface area contributed by atoms with E-state index in [0.29, 0.717) is 13.2 Å². The number of hydrogen-bond acceptors (Lipinski definition) is 3. The molecule has 0 spiro atoms. The fourth-order valence-corrected chi connectivity index (χ4v) is 1.89. The van der Waals surface area contributed by atoms with Gasteiger partial charge < -0.3 is 4.90 Å². The molecule has 1 aromatic carbocycles. The maximum Gasteiger partial charge on any atom is 0.248 e. The van der Waals surface area contributed by atoms with Crippen molar-refractivity contribution < 1.29 is 14.4 Å². The summed E-state index contributed by atoms with van der Waals surface area (Å²) in [5.41, 5.74) is 3.38. The Labute approximate surface area is 106 Å². The molecule has 1 fully saturated rings. The number of benzene rings is 1. The Hall–Kier alpha value is -1.88. The molecule has 2 rings (SSSR count). The lowest BCUT2D eigenvalue weighted by atomic mass is 10.1. The van der Waals surface area contributed by atoms with E-state index >= 15 is 0 Å². The Balaban J connectivity index is 1.74. The molecule has 1 unspecified atom stereocenters. The Morgan fingerprint density at radius 1 is 1.44 bits per heavy atom. The molecule has 5 heteroatoms. The number of amides is 2. The summed E-state index contributed by atoms with van der Waals surface area (Å²) in [4.78, 5) is 29.7. The zero-order chi connectivity index (χ0) is 13.0. The second-order valence-electron chi connectivity index (χ2n) is 4.42. The summed E-state index contributed by atoms with van der Waals surface area (Å²) in [6, 6.07) is 9.57. The molecule has 1 saturated heterocycles. The van der Waals surface area contributed by atoms with Gasteiger partial charge in [0.15, 0.2) is 0 Å². The molecule has 5 nitrogen and oxygen atoms in total. The highest BCUT2D eigenvalue weighted by molar-refractivity contribution is 5.88. The minimum Gasteiger partial charge on any atom is -0.345 e. The van der Waals surface area contributed by atoms with Crippen molar-refractivity contribution in [3.05, 3.63) is 35.9 Å². The number of nitrogens with zero attached hydrogens (tertiary/aromatic N) is 1. The van der Waals surface area contributed by atoms with Crippen LogP contribution in [-0.2, 0) is 21.0 Å². The number of carbonyl (C=O) groups is 2. The van der Waals surface area contributed by atoms with Crippen molar-refractivity contribution >= 4 is 11.8 Å². The van der Waals surface area contributed by atoms with E-state index < -0.39 is 0 Å². The first kappa shape index (κ1) is 12.6. The van der Waals surface area contributed by atoms with E-state index in [-0.39, 0.29) is 24.2 Å². The number of rotatable bonds is 4. The Morgan fingerprint density at radius 3 is 2.78 bits per heavy atom. The van der Waals surface area contributed by atoms with Gasteiger partial charge in [0.1, 0.15) is 0 Å². The Bertz CT molecular complexity index is 433. The molecule has 1 heterocycles. The van der Waals surface area contributed by atoms with Crippen molar-refractivity contribution in [3.8, 4) is 0 Å². The van der Waals surface area contributed by atoms with Gasteiger partial charge in [-0.15, -0.1) is 0 Å². The second kappa shape index (κ2) is 5.64. The molecule has 0 aliphatic carbocycles. The molecular formula is C13H16N2O3. The summed E-state index contributed by atoms with van der Waals surface area (Å²) in [5.74, 6) is -0.542. The van der Waals surface area contributed by atoms with Crippen LogP contribution in [0.25, 0.3) is 0 Å². The third kappa shape index (κ3) is 3.07. The van der Waals surface area contributed by atoms with Crippen molar-refractivity contribution in [3.63, 3.8) is 0 Å². The summed E-state index contributed by atoms with van der Waals surface area (Å²) in [7, 11) is 1.69. The molecule has 96 valence electrons. The third-order valence-electron chi connectivity index (χ3n) is 2.97. The van der Waals surface area contributed by atoms with E-state index in [2.05, 4.69) is 5.48 Å². The maximum absolute atomic E-state index is 11.7. The normalized spacial score (nSPS) is 19.1. The molecule has 0 saturated carbocycles. The van der Waals surface area contributed by atoms with Crippen LogP contribution in [0.1, 0.15) is 12.0 Å². The number of likely N-dealkylation sites (tertiary alicyclic amines) is 1. The van der Waals surface area contributed by atoms with Crippen LogP contribution in [0.3, 0.4) is 0 Å². The van der Waals surface area contributed by atoms with E-state index in [1.54, 1.807) is 11.9 Å². The summed E-state index contributed by atoms with van der Waals surface area (Å²) in [6.07, 6.45) is 0.261. The highest BCUT2D eigenvalue weighted by Gasteiger charge is 2.32. The van der Waals surface area contributed by atoms with Gasteiger partial charge in [0.25, 0.3) is 0 Å². The second-order valence-corrected chi connectivity index (χ2v) is 4.42. The van der Waals surface area contributed by atoms with Gasteiger partial charge in [-0.05, 0) is 5.56 Å². The van der Waals surface area contributed by atoms with E-state index in [1.165, 1.54) is 0 Å². The molecule has 0 radical (unpaired) electrons. The standard InChI is InChI=1S/C13H16N2O3/c1-15-8-11(7-12(15)16)13(17)14-18-9-10-5-3-2-4-6-10/h2-6,11H,7-9H2,1H3,(H,14,17). The maximum atomic E-state index is 11.7. The number of hydrogen-bond donors (Lipinski definition) is 1. The van der Waals surface area contributed by atoms with Gasteiger partial charge in [0.05, 0.1) is 12.5 Å². The molecule has 1 atom stereocenters. The molecule has 1 aliphatic heterocycles. The average molecular weight is 248 g/mol. The molecule has 0 aromatic heterocycles. The Kier molecular flexibility index (Phi) is 3.94. The monoisotopic (exact) mass is 248 g/mol. The first-order valence-electron chi connectivity index (χ1n) is 5.86. The van der Waals surface area contributed by atoms with Crippen LogP contribution < -0.4 is 5.48 Å². The highest BCUT2D eigenvalue weighted by Crippen LogP contribution is 2.15. The topological polar surface area (TPSA) is 58.6 Å². The van der Waals surface area contributed by atoms with Crippen LogP contribution in [0.15, 0.2) is 30.3 Å². The zero-order valence-electron chi connectivity index (χ0n) is 10.3. The van der Waals surface area contributed by atoms with Gasteiger partial charge in [-0.2, -0.15) is 0 Å². The lowest BCUT2D eigenvalue weighted by Crippen LogP contribution is -2.32. The molecule has 2 amide bonds. The van der Waals surface area contributed by atoms with Crippen LogP contribution in [0.2, 0.25) is 0 Å². The quantitative estimate of drug-likeness (QED) is 0.798. The van der Waals surface area contributed by atoms with Crippen molar-refractivity contribution in [2.24, 2.45) is 5.92 Å². The molecule has 18 heavy (non-hydrogen) atoms. The van der Waals surface area contributed by atoms with Gasteiger partial charge in [-0.25, -0.2) is 5.48 Å². The van der Waals surface area contributed by atoms with Gasteiger partial charge in [-0.3, -0.25) is 14.4 Å². The molecule has 1 N–H and O–H groups in total. The lowest BCUT2D eigenvalue weighted by Gasteiger charge is -2.10. The average Bonchev–Trinajstić information content (AvgIpc) is 2.71. The summed E-state index contributed by atoms with van der Waals surface area (Å²) >= 11 is 0. The van der Waals surface area contributed by atoms with E-state index in [1.807, 2.05) is 30.3 Å². The third-order valence-corrected chi connectivity index (χ3v) is 2.97. The highest BCUT2D eigenvalue weighted by atomic mass is 16.6. The first-order chi connectivity index (χ1) is 8.66. The van der Waals surface area contributed by atoms with Crippen molar-refractivity contribution in [2.75, 3.05) is 13.6 Å². The molecule has 1 aromatic rings. The fraction of sp³-hybridized carbons (Fsp3) is 0.385. The minimum atomic E-state index is -0.307. The smallest absolute Gasteiger partial charge is 0.248 e. The summed E-state index contributed by atoms with van der Waals surface area (Å²) in [6.45, 7) is 0.780. The fourth-order valence-electron chi connectivity index (χ4n) is 1.89. The van der Waals surface area contributed by atoms with Crippen LogP contribution in [0.5, 0.6) is 0 Å². The van der Waals surface area contributed by atoms with Gasteiger partial charge in [-0.1, -0.05) is 30.3 Å². The van der Waals surface area contributed by atoms with Gasteiger partial charge in [0.2, 0.25) is 11.8 Å². The number of nitrogens with one attached hydrogen (secondary N) is 1. The predicted octanol–water partition coefficient (Wildman–Crippen LogP) is 0.713. The zero-order valence-corrected chi connectivity index (χ0v) is 10.3. The minimum absolute atomic E-state index is 0.00166. The van der Waals surface area contributed by atoms with Crippen molar-refractivity contribution in [1.82, 2.24) is 10.4 Å². The largest absolute Gasteiger partial charge is 0.345 e. The van der Waals surface area contributed by atoms with Crippen molar-refractivity contribution in [1.29, 1.82) is 0 Å². The predicted molar refractivity (Wildman–Crippen MR) is 65.1 cm³/mol. The summed E-state index contributed by atoms with van der Waals surface area (Å²) < 4.78 is 0. The van der Waals surface area contributed by atoms with Crippen molar-refractivity contribution in [2.45, 2.75) is 13.0 Å². The van der Waals surface area contributed by atoms with Crippen LogP contribution in [-0.4, -0.2) is 30.3 Å². The van der Waals surface area contributed by atoms with Crippen LogP contribution >= 0.6 is 0 Å². The Morgan fingerprint density at radius 2 is 2.17 bits per heavy atom. The number of hydroxylamine groups is 1. The summed E-state index contributed by atoms with van der Waals surface area (Å²) in [5, 5.41) is 0. The first-order valence-corrected chi connectivity index (χ1v) is 5.86. The van der Waals surface area contributed by atoms with Crippen LogP contribution in [0, 0.1) is 5.92 Å². The van der Waals surface area contributed by atoms with E-state index in [4.69, 9.17) is 4.84 Å². The van der Waals surface area contributed by atoms with Gasteiger partial charge in [0, 0.05) is 20.0 Å². The number of carbonyl (C=O) groups excluding carboxylic acids is 2. The lowest BCUT2D eigenvalue weighted by molar-refractivity contribution is -0.138. The molecule has 0 bridgehead atoms. The van der Waals surface area contributed by atoms with E-state index in [9.17, 15) is 9.59 Å². The van der Waals surface area contributed by atoms with E-state index in [0.717, 1.165) is 5.56 Å². The molecular weight excluding hydrogens is 232 g/mol. The van der Waals surface area contributed by atoms with Gasteiger partial charge >= 0.3 is 0 Å². The SMILES string of the molecule is CN1CC(C(=O)NOCc2ccccc2)CC1=O. The van der Waals surface area contributed by atoms with Crippen LogP contribution in [0.4, 0.5) is 0 Å². The molecule has 1 aliphatic rings.